The number of benzene rings is 1. The van der Waals surface area contributed by atoms with Crippen LogP contribution in [-0.2, 0) is 4.74 Å². The third-order valence-corrected chi connectivity index (χ3v) is 3.19. The van der Waals surface area contributed by atoms with Gasteiger partial charge in [0.2, 0.25) is 5.13 Å². The van der Waals surface area contributed by atoms with Crippen molar-refractivity contribution in [2.75, 3.05) is 12.0 Å². The lowest BCUT2D eigenvalue weighted by atomic mass is 10.2. The Bertz CT molecular complexity index is 628. The minimum Gasteiger partial charge on any atom is -0.461 e. The van der Waals surface area contributed by atoms with Crippen molar-refractivity contribution in [3.8, 4) is 0 Å². The van der Waals surface area contributed by atoms with E-state index in [1.54, 1.807) is 30.7 Å². The van der Waals surface area contributed by atoms with Gasteiger partial charge in [0, 0.05) is 10.4 Å². The maximum Gasteiger partial charge on any atom is 0.357 e. The number of hydrogen-bond acceptors (Lipinski definition) is 6. The summed E-state index contributed by atoms with van der Waals surface area (Å²) in [6.07, 6.45) is 1.62. The maximum absolute atomic E-state index is 11.4. The van der Waals surface area contributed by atoms with Gasteiger partial charge in [-0.2, -0.15) is 5.10 Å². The Morgan fingerprint density at radius 2 is 2.45 bits per heavy atom. The number of esters is 1. The second-order valence-corrected chi connectivity index (χ2v) is 4.98. The largest absolute Gasteiger partial charge is 0.461 e. The monoisotopic (exact) mass is 309 g/mol. The van der Waals surface area contributed by atoms with Crippen LogP contribution in [0.25, 0.3) is 0 Å². The van der Waals surface area contributed by atoms with Crippen LogP contribution < -0.4 is 5.43 Å². The fraction of sp³-hybridized carbons (Fsp3) is 0.154. The highest BCUT2D eigenvalue weighted by Crippen LogP contribution is 2.16. The van der Waals surface area contributed by atoms with Gasteiger partial charge in [-0.25, -0.2) is 9.78 Å². The van der Waals surface area contributed by atoms with E-state index < -0.39 is 5.97 Å². The molecule has 1 aromatic carbocycles. The summed E-state index contributed by atoms with van der Waals surface area (Å²) < 4.78 is 4.85. The number of ether oxygens (including phenoxy) is 1. The van der Waals surface area contributed by atoms with Crippen LogP contribution in [0, 0.1) is 0 Å². The number of hydrazone groups is 1. The Morgan fingerprint density at radius 3 is 3.20 bits per heavy atom. The average Bonchev–Trinajstić information content (AvgIpc) is 2.88. The molecule has 0 aliphatic rings. The molecule has 104 valence electrons. The highest BCUT2D eigenvalue weighted by molar-refractivity contribution is 7.13. The molecule has 5 nitrogen and oxygen atoms in total. The van der Waals surface area contributed by atoms with Gasteiger partial charge in [-0.15, -0.1) is 11.3 Å². The fourth-order valence-corrected chi connectivity index (χ4v) is 2.20. The Morgan fingerprint density at radius 1 is 1.60 bits per heavy atom. The van der Waals surface area contributed by atoms with E-state index in [9.17, 15) is 4.79 Å². The number of thiazole rings is 1. The molecule has 0 aliphatic carbocycles. The quantitative estimate of drug-likeness (QED) is 0.522. The molecule has 1 N–H and O–H groups in total. The highest BCUT2D eigenvalue weighted by atomic mass is 35.5. The summed E-state index contributed by atoms with van der Waals surface area (Å²) in [5.74, 6) is -0.435. The molecule has 20 heavy (non-hydrogen) atoms. The minimum absolute atomic E-state index is 0.275. The molecular formula is C13H12ClN3O2S. The maximum atomic E-state index is 11.4. The summed E-state index contributed by atoms with van der Waals surface area (Å²) in [5.41, 5.74) is 3.90. The standard InChI is InChI=1S/C13H12ClN3O2S/c1-2-19-12(18)11-8-20-13(16-11)17-15-7-9-4-3-5-10(14)6-9/h3-8H,2H2,1H3,(H,16,17)/b15-7+. The predicted molar refractivity (Wildman–Crippen MR) is 80.7 cm³/mol. The molecular weight excluding hydrogens is 298 g/mol. The molecule has 0 unspecified atom stereocenters. The van der Waals surface area contributed by atoms with Crippen molar-refractivity contribution in [2.24, 2.45) is 5.10 Å². The number of halogens is 1. The van der Waals surface area contributed by atoms with Crippen LogP contribution in [0.2, 0.25) is 5.02 Å². The molecule has 7 heteroatoms. The first kappa shape index (κ1) is 14.5. The van der Waals surface area contributed by atoms with Crippen molar-refractivity contribution in [3.63, 3.8) is 0 Å². The third kappa shape index (κ3) is 4.04. The molecule has 1 heterocycles. The molecule has 0 radical (unpaired) electrons. The van der Waals surface area contributed by atoms with Gasteiger partial charge in [-0.1, -0.05) is 23.7 Å². The third-order valence-electron chi connectivity index (χ3n) is 2.21. The zero-order valence-electron chi connectivity index (χ0n) is 10.7. The van der Waals surface area contributed by atoms with E-state index in [4.69, 9.17) is 16.3 Å². The average molecular weight is 310 g/mol. The van der Waals surface area contributed by atoms with Crippen molar-refractivity contribution in [1.82, 2.24) is 4.98 Å². The minimum atomic E-state index is -0.435. The lowest BCUT2D eigenvalue weighted by Gasteiger charge is -1.96. The molecule has 0 fully saturated rings. The first-order valence-electron chi connectivity index (χ1n) is 5.86. The van der Waals surface area contributed by atoms with Crippen molar-refractivity contribution >= 4 is 40.3 Å². The van der Waals surface area contributed by atoms with Gasteiger partial charge in [-0.3, -0.25) is 5.43 Å². The molecule has 2 aromatic rings. The summed E-state index contributed by atoms with van der Waals surface area (Å²) in [5, 5.41) is 6.82. The number of carbonyl (C=O) groups is 1. The summed E-state index contributed by atoms with van der Waals surface area (Å²) in [6.45, 7) is 2.07. The summed E-state index contributed by atoms with van der Waals surface area (Å²) in [7, 11) is 0. The van der Waals surface area contributed by atoms with Crippen LogP contribution in [0.5, 0.6) is 0 Å². The van der Waals surface area contributed by atoms with Crippen molar-refractivity contribution in [3.05, 3.63) is 45.9 Å². The number of aromatic nitrogens is 1. The first-order valence-corrected chi connectivity index (χ1v) is 7.12. The molecule has 1 aromatic heterocycles. The molecule has 0 saturated heterocycles. The molecule has 0 bridgehead atoms. The molecule has 0 aliphatic heterocycles. The molecule has 0 spiro atoms. The van der Waals surface area contributed by atoms with Crippen LogP contribution in [0.3, 0.4) is 0 Å². The number of rotatable bonds is 5. The lowest BCUT2D eigenvalue weighted by molar-refractivity contribution is 0.0520. The van der Waals surface area contributed by atoms with Crippen molar-refractivity contribution in [1.29, 1.82) is 0 Å². The molecule has 0 saturated carbocycles. The van der Waals surface area contributed by atoms with Gasteiger partial charge in [0.15, 0.2) is 5.69 Å². The van der Waals surface area contributed by atoms with E-state index in [2.05, 4.69) is 15.5 Å². The number of hydrogen-bond donors (Lipinski definition) is 1. The Kier molecular flexibility index (Phi) is 5.09. The van der Waals surface area contributed by atoms with Crippen LogP contribution in [0.15, 0.2) is 34.7 Å². The SMILES string of the molecule is CCOC(=O)c1csc(N/N=C/c2cccc(Cl)c2)n1. The van der Waals surface area contributed by atoms with Crippen LogP contribution in [0.4, 0.5) is 5.13 Å². The Labute approximate surface area is 125 Å². The zero-order valence-corrected chi connectivity index (χ0v) is 12.2. The van der Waals surface area contributed by atoms with Gasteiger partial charge in [0.1, 0.15) is 0 Å². The predicted octanol–water partition coefficient (Wildman–Crippen LogP) is 3.42. The summed E-state index contributed by atoms with van der Waals surface area (Å²) >= 11 is 7.14. The van der Waals surface area contributed by atoms with Crippen molar-refractivity contribution < 1.29 is 9.53 Å². The highest BCUT2D eigenvalue weighted by Gasteiger charge is 2.10. The first-order chi connectivity index (χ1) is 9.69. The van der Waals surface area contributed by atoms with Gasteiger partial charge in [0.05, 0.1) is 12.8 Å². The van der Waals surface area contributed by atoms with E-state index in [1.165, 1.54) is 11.3 Å². The van der Waals surface area contributed by atoms with Crippen molar-refractivity contribution in [2.45, 2.75) is 6.92 Å². The second-order valence-electron chi connectivity index (χ2n) is 3.68. The number of nitrogens with one attached hydrogen (secondary N) is 1. The normalized spacial score (nSPS) is 10.7. The van der Waals surface area contributed by atoms with Gasteiger partial charge < -0.3 is 4.74 Å². The van der Waals surface area contributed by atoms with Crippen LogP contribution in [-0.4, -0.2) is 23.8 Å². The van der Waals surface area contributed by atoms with Gasteiger partial charge in [0.25, 0.3) is 0 Å². The number of nitrogens with zero attached hydrogens (tertiary/aromatic N) is 2. The Balaban J connectivity index is 1.96. The van der Waals surface area contributed by atoms with E-state index in [0.29, 0.717) is 16.8 Å². The van der Waals surface area contributed by atoms with E-state index in [0.717, 1.165) is 5.56 Å². The van der Waals surface area contributed by atoms with Gasteiger partial charge in [-0.05, 0) is 24.6 Å². The van der Waals surface area contributed by atoms with E-state index >= 15 is 0 Å². The van der Waals surface area contributed by atoms with E-state index in [-0.39, 0.29) is 5.69 Å². The fourth-order valence-electron chi connectivity index (χ4n) is 1.37. The van der Waals surface area contributed by atoms with Gasteiger partial charge >= 0.3 is 5.97 Å². The summed E-state index contributed by atoms with van der Waals surface area (Å²) in [4.78, 5) is 15.5. The van der Waals surface area contributed by atoms with E-state index in [1.807, 2.05) is 12.1 Å². The van der Waals surface area contributed by atoms with Crippen LogP contribution >= 0.6 is 22.9 Å². The lowest BCUT2D eigenvalue weighted by Crippen LogP contribution is -2.04. The zero-order chi connectivity index (χ0) is 14.4. The topological polar surface area (TPSA) is 63.6 Å². The molecule has 0 amide bonds. The summed E-state index contributed by atoms with van der Waals surface area (Å²) in [6, 6.07) is 7.30. The smallest absolute Gasteiger partial charge is 0.357 e. The number of anilines is 1. The van der Waals surface area contributed by atoms with Crippen LogP contribution in [0.1, 0.15) is 23.0 Å². The molecule has 2 rings (SSSR count). The number of carbonyl (C=O) groups excluding carboxylic acids is 1. The molecule has 0 atom stereocenters. The Hall–Kier alpha value is -1.92. The second kappa shape index (κ2) is 7.02.